The molecule has 0 radical (unpaired) electrons. The monoisotopic (exact) mass is 287 g/mol. The van der Waals surface area contributed by atoms with Gasteiger partial charge < -0.3 is 14.5 Å². The number of hydrogen-bond acceptors (Lipinski definition) is 3. The molecule has 0 amide bonds. The fraction of sp³-hybridized carbons (Fsp3) is 0.444. The van der Waals surface area contributed by atoms with E-state index in [9.17, 15) is 0 Å². The second kappa shape index (κ2) is 7.32. The molecule has 114 valence electrons. The van der Waals surface area contributed by atoms with E-state index in [0.717, 1.165) is 30.4 Å². The van der Waals surface area contributed by atoms with Gasteiger partial charge in [-0.2, -0.15) is 0 Å². The molecule has 0 atom stereocenters. The lowest BCUT2D eigenvalue weighted by Gasteiger charge is -2.06. The smallest absolute Gasteiger partial charge is 0.146 e. The molecule has 1 aromatic carbocycles. The van der Waals surface area contributed by atoms with E-state index in [1.807, 2.05) is 18.2 Å². The zero-order valence-electron chi connectivity index (χ0n) is 13.4. The van der Waals surface area contributed by atoms with Crippen LogP contribution in [0.4, 0.5) is 0 Å². The summed E-state index contributed by atoms with van der Waals surface area (Å²) in [6.07, 6.45) is 0. The van der Waals surface area contributed by atoms with Crippen LogP contribution in [0.5, 0.6) is 5.75 Å². The van der Waals surface area contributed by atoms with Crippen LogP contribution in [0.1, 0.15) is 36.5 Å². The Bertz CT molecular complexity index is 572. The Kier molecular flexibility index (Phi) is 5.45. The van der Waals surface area contributed by atoms with Gasteiger partial charge in [0.1, 0.15) is 23.9 Å². The molecule has 1 heterocycles. The molecule has 0 saturated heterocycles. The van der Waals surface area contributed by atoms with Gasteiger partial charge in [-0.1, -0.05) is 26.0 Å². The van der Waals surface area contributed by atoms with Gasteiger partial charge >= 0.3 is 0 Å². The Labute approximate surface area is 127 Å². The van der Waals surface area contributed by atoms with Crippen molar-refractivity contribution in [3.63, 3.8) is 0 Å². The molecule has 1 N–H and O–H groups in total. The van der Waals surface area contributed by atoms with Crippen LogP contribution in [0.3, 0.4) is 0 Å². The predicted molar refractivity (Wildman–Crippen MR) is 85.5 cm³/mol. The molecule has 1 aromatic heterocycles. The summed E-state index contributed by atoms with van der Waals surface area (Å²) in [6, 6.07) is 10.1. The molecule has 0 saturated carbocycles. The summed E-state index contributed by atoms with van der Waals surface area (Å²) in [6.45, 7) is 10.8. The van der Waals surface area contributed by atoms with E-state index in [4.69, 9.17) is 9.15 Å². The molecule has 21 heavy (non-hydrogen) atoms. The molecule has 0 aliphatic heterocycles. The molecule has 3 nitrogen and oxygen atoms in total. The highest BCUT2D eigenvalue weighted by atomic mass is 16.5. The molecule has 0 aliphatic carbocycles. The van der Waals surface area contributed by atoms with Gasteiger partial charge in [0.15, 0.2) is 0 Å². The molecule has 2 aromatic rings. The average molecular weight is 287 g/mol. The summed E-state index contributed by atoms with van der Waals surface area (Å²) in [5, 5.41) is 3.40. The molecule has 0 bridgehead atoms. The van der Waals surface area contributed by atoms with Gasteiger partial charge in [-0.3, -0.25) is 0 Å². The van der Waals surface area contributed by atoms with Crippen molar-refractivity contribution < 1.29 is 9.15 Å². The third-order valence-electron chi connectivity index (χ3n) is 3.28. The number of nitrogens with one attached hydrogen (secondary N) is 1. The first kappa shape index (κ1) is 15.6. The first-order valence-electron chi connectivity index (χ1n) is 7.53. The van der Waals surface area contributed by atoms with Crippen molar-refractivity contribution in [2.45, 2.75) is 40.8 Å². The molecule has 3 heteroatoms. The van der Waals surface area contributed by atoms with E-state index >= 15 is 0 Å². The maximum atomic E-state index is 5.86. The summed E-state index contributed by atoms with van der Waals surface area (Å²) < 4.78 is 11.6. The van der Waals surface area contributed by atoms with Gasteiger partial charge in [-0.15, -0.1) is 0 Å². The second-order valence-corrected chi connectivity index (χ2v) is 5.95. The Morgan fingerprint density at radius 1 is 1.19 bits per heavy atom. The van der Waals surface area contributed by atoms with Gasteiger partial charge in [0.2, 0.25) is 0 Å². The SMILES string of the molecule is Cc1cccc(OCc2cc(C)c(CNCC(C)C)o2)c1. The van der Waals surface area contributed by atoms with Crippen molar-refractivity contribution in [2.75, 3.05) is 6.54 Å². The van der Waals surface area contributed by atoms with Gasteiger partial charge in [-0.25, -0.2) is 0 Å². The summed E-state index contributed by atoms with van der Waals surface area (Å²) >= 11 is 0. The third kappa shape index (κ3) is 4.94. The lowest BCUT2D eigenvalue weighted by molar-refractivity contribution is 0.264. The fourth-order valence-electron chi connectivity index (χ4n) is 2.17. The number of rotatable bonds is 7. The number of ether oxygens (including phenoxy) is 1. The van der Waals surface area contributed by atoms with E-state index < -0.39 is 0 Å². The molecule has 2 rings (SSSR count). The van der Waals surface area contributed by atoms with Gasteiger partial charge in [0, 0.05) is 0 Å². The van der Waals surface area contributed by atoms with Crippen molar-refractivity contribution >= 4 is 0 Å². The first-order valence-corrected chi connectivity index (χ1v) is 7.53. The van der Waals surface area contributed by atoms with Crippen LogP contribution < -0.4 is 10.1 Å². The zero-order chi connectivity index (χ0) is 15.2. The lowest BCUT2D eigenvalue weighted by Crippen LogP contribution is -2.18. The van der Waals surface area contributed by atoms with E-state index in [2.05, 4.69) is 45.1 Å². The maximum Gasteiger partial charge on any atom is 0.146 e. The minimum absolute atomic E-state index is 0.467. The summed E-state index contributed by atoms with van der Waals surface area (Å²) in [5.41, 5.74) is 2.37. The van der Waals surface area contributed by atoms with Crippen LogP contribution in [0.15, 0.2) is 34.7 Å². The van der Waals surface area contributed by atoms with E-state index in [1.165, 1.54) is 11.1 Å². The average Bonchev–Trinajstić information content (AvgIpc) is 2.77. The van der Waals surface area contributed by atoms with Crippen molar-refractivity contribution in [3.8, 4) is 5.75 Å². The summed E-state index contributed by atoms with van der Waals surface area (Å²) in [4.78, 5) is 0. The van der Waals surface area contributed by atoms with Crippen molar-refractivity contribution in [1.29, 1.82) is 0 Å². The van der Waals surface area contributed by atoms with E-state index in [-0.39, 0.29) is 0 Å². The highest BCUT2D eigenvalue weighted by Crippen LogP contribution is 2.18. The topological polar surface area (TPSA) is 34.4 Å². The van der Waals surface area contributed by atoms with Crippen LogP contribution in [0.2, 0.25) is 0 Å². The van der Waals surface area contributed by atoms with Crippen LogP contribution in [0.25, 0.3) is 0 Å². The normalized spacial score (nSPS) is 11.1. The molecule has 0 spiro atoms. The van der Waals surface area contributed by atoms with Crippen LogP contribution in [0, 0.1) is 19.8 Å². The first-order chi connectivity index (χ1) is 10.0. The fourth-order valence-corrected chi connectivity index (χ4v) is 2.17. The van der Waals surface area contributed by atoms with Gasteiger partial charge in [0.05, 0.1) is 6.54 Å². The Morgan fingerprint density at radius 2 is 2.00 bits per heavy atom. The third-order valence-corrected chi connectivity index (χ3v) is 3.28. The minimum Gasteiger partial charge on any atom is -0.486 e. The highest BCUT2D eigenvalue weighted by molar-refractivity contribution is 5.28. The number of hydrogen-bond donors (Lipinski definition) is 1. The predicted octanol–water partition coefficient (Wildman–Crippen LogP) is 4.22. The quantitative estimate of drug-likeness (QED) is 0.828. The minimum atomic E-state index is 0.467. The van der Waals surface area contributed by atoms with E-state index in [1.54, 1.807) is 0 Å². The number of aryl methyl sites for hydroxylation is 2. The van der Waals surface area contributed by atoms with Gasteiger partial charge in [-0.05, 0) is 55.6 Å². The van der Waals surface area contributed by atoms with Crippen molar-refractivity contribution in [2.24, 2.45) is 5.92 Å². The Hall–Kier alpha value is -1.74. The van der Waals surface area contributed by atoms with Crippen molar-refractivity contribution in [1.82, 2.24) is 5.32 Å². The number of benzene rings is 1. The Morgan fingerprint density at radius 3 is 2.71 bits per heavy atom. The summed E-state index contributed by atoms with van der Waals surface area (Å²) in [7, 11) is 0. The van der Waals surface area contributed by atoms with Crippen LogP contribution >= 0.6 is 0 Å². The lowest BCUT2D eigenvalue weighted by atomic mass is 10.2. The zero-order valence-corrected chi connectivity index (χ0v) is 13.4. The molecule has 0 fully saturated rings. The Balaban J connectivity index is 1.89. The van der Waals surface area contributed by atoms with Gasteiger partial charge in [0.25, 0.3) is 0 Å². The largest absolute Gasteiger partial charge is 0.486 e. The second-order valence-electron chi connectivity index (χ2n) is 5.95. The number of furan rings is 1. The maximum absolute atomic E-state index is 5.86. The standard InChI is InChI=1S/C18H25NO2/c1-13(2)10-19-11-18-15(4)9-17(21-18)12-20-16-7-5-6-14(3)8-16/h5-9,13,19H,10-12H2,1-4H3. The van der Waals surface area contributed by atoms with Crippen LogP contribution in [-0.4, -0.2) is 6.54 Å². The molecular weight excluding hydrogens is 262 g/mol. The van der Waals surface area contributed by atoms with Crippen molar-refractivity contribution in [3.05, 3.63) is 53.0 Å². The molecule has 0 unspecified atom stereocenters. The van der Waals surface area contributed by atoms with E-state index in [0.29, 0.717) is 12.5 Å². The van der Waals surface area contributed by atoms with Crippen LogP contribution in [-0.2, 0) is 13.2 Å². The molecular formula is C18H25NO2. The summed E-state index contributed by atoms with van der Waals surface area (Å²) in [5.74, 6) is 3.39. The molecule has 0 aliphatic rings. The highest BCUT2D eigenvalue weighted by Gasteiger charge is 2.08.